The van der Waals surface area contributed by atoms with Crippen molar-refractivity contribution in [1.29, 1.82) is 0 Å². The van der Waals surface area contributed by atoms with E-state index in [0.717, 1.165) is 10.9 Å². The number of nitrogens with zero attached hydrogens (tertiary/aromatic N) is 2. The molecule has 2 aromatic rings. The molecule has 0 fully saturated rings. The van der Waals surface area contributed by atoms with Crippen molar-refractivity contribution in [3.63, 3.8) is 0 Å². The Bertz CT molecular complexity index is 317. The molecule has 0 unspecified atom stereocenters. The smallest absolute Gasteiger partial charge is 0.0944 e. The fourth-order valence-electron chi connectivity index (χ4n) is 0.984. The van der Waals surface area contributed by atoms with Crippen molar-refractivity contribution in [3.05, 3.63) is 30.5 Å². The second-order valence-electron chi connectivity index (χ2n) is 2.17. The molecule has 0 amide bonds. The predicted molar refractivity (Wildman–Crippen MR) is 39.9 cm³/mol. The summed E-state index contributed by atoms with van der Waals surface area (Å²) in [6, 6.07) is 7.81. The molecule has 0 saturated carbocycles. The third-order valence-corrected chi connectivity index (χ3v) is 1.43. The van der Waals surface area contributed by atoms with Crippen LogP contribution in [0.25, 0.3) is 10.9 Å². The van der Waals surface area contributed by atoms with Crippen molar-refractivity contribution >= 4 is 10.9 Å². The molecule has 0 saturated heterocycles. The number of aromatic nitrogens is 2. The highest BCUT2D eigenvalue weighted by Crippen LogP contribution is 2.08. The Balaban J connectivity index is 2.88. The summed E-state index contributed by atoms with van der Waals surface area (Å²) in [5, 5.41) is 5.08. The summed E-state index contributed by atoms with van der Waals surface area (Å²) < 4.78 is 0. The van der Waals surface area contributed by atoms with Gasteiger partial charge in [-0.25, -0.2) is 0 Å². The van der Waals surface area contributed by atoms with Crippen molar-refractivity contribution < 1.29 is 0 Å². The van der Waals surface area contributed by atoms with Gasteiger partial charge in [0.25, 0.3) is 0 Å². The highest BCUT2D eigenvalue weighted by molar-refractivity contribution is 5.77. The Labute approximate surface area is 58.0 Å². The van der Waals surface area contributed by atoms with E-state index in [2.05, 4.69) is 5.10 Å². The number of benzene rings is 1. The number of rotatable bonds is 0. The van der Waals surface area contributed by atoms with Crippen molar-refractivity contribution in [1.82, 2.24) is 9.89 Å². The van der Waals surface area contributed by atoms with Gasteiger partial charge in [-0.2, -0.15) is 9.89 Å². The van der Waals surface area contributed by atoms with Crippen LogP contribution in [-0.2, 0) is 0 Å². The first kappa shape index (κ1) is 5.29. The van der Waals surface area contributed by atoms with E-state index in [0.29, 0.717) is 0 Å². The quantitative estimate of drug-likeness (QED) is 0.539. The van der Waals surface area contributed by atoms with Crippen LogP contribution in [0, 0.1) is 0 Å². The van der Waals surface area contributed by atoms with Gasteiger partial charge in [0.1, 0.15) is 0 Å². The van der Waals surface area contributed by atoms with Crippen LogP contribution >= 0.6 is 0 Å². The summed E-state index contributed by atoms with van der Waals surface area (Å²) in [5.74, 6) is 5.40. The maximum Gasteiger partial charge on any atom is 0.0944 e. The second-order valence-corrected chi connectivity index (χ2v) is 2.17. The lowest BCUT2D eigenvalue weighted by molar-refractivity contribution is 0.846. The summed E-state index contributed by atoms with van der Waals surface area (Å²) >= 11 is 0. The van der Waals surface area contributed by atoms with Crippen LogP contribution in [-0.4, -0.2) is 9.89 Å². The molecule has 0 spiro atoms. The molecular weight excluding hydrogens is 126 g/mol. The molecule has 0 aliphatic carbocycles. The Kier molecular flexibility index (Phi) is 0.917. The Morgan fingerprint density at radius 3 is 2.90 bits per heavy atom. The minimum atomic E-state index is 0.935. The van der Waals surface area contributed by atoms with Gasteiger partial charge in [-0.05, 0) is 6.07 Å². The largest absolute Gasteiger partial charge is 0.323 e. The van der Waals surface area contributed by atoms with Crippen LogP contribution in [0.15, 0.2) is 30.5 Å². The molecule has 1 heterocycles. The third kappa shape index (κ3) is 0.639. The van der Waals surface area contributed by atoms with Gasteiger partial charge in [-0.3, -0.25) is 0 Å². The zero-order chi connectivity index (χ0) is 6.97. The number of fused-ring (bicyclic) bond motifs is 1. The first-order valence-corrected chi connectivity index (χ1v) is 3.06. The van der Waals surface area contributed by atoms with Gasteiger partial charge in [0.2, 0.25) is 0 Å². The van der Waals surface area contributed by atoms with Gasteiger partial charge in [0.15, 0.2) is 0 Å². The van der Waals surface area contributed by atoms with E-state index in [4.69, 9.17) is 5.84 Å². The normalized spacial score (nSPS) is 10.4. The van der Waals surface area contributed by atoms with Gasteiger partial charge in [-0.15, -0.1) is 0 Å². The van der Waals surface area contributed by atoms with E-state index in [9.17, 15) is 0 Å². The minimum Gasteiger partial charge on any atom is -0.323 e. The lowest BCUT2D eigenvalue weighted by Crippen LogP contribution is -2.07. The van der Waals surface area contributed by atoms with E-state index in [1.54, 1.807) is 6.20 Å². The van der Waals surface area contributed by atoms with Crippen molar-refractivity contribution in [2.45, 2.75) is 0 Å². The first-order valence-electron chi connectivity index (χ1n) is 3.06. The van der Waals surface area contributed by atoms with Gasteiger partial charge >= 0.3 is 0 Å². The van der Waals surface area contributed by atoms with Gasteiger partial charge in [-0.1, -0.05) is 18.2 Å². The van der Waals surface area contributed by atoms with Gasteiger partial charge < -0.3 is 5.84 Å². The molecule has 2 rings (SSSR count). The fraction of sp³-hybridized carbons (Fsp3) is 0. The minimum absolute atomic E-state index is 0.935. The summed E-state index contributed by atoms with van der Waals surface area (Å²) in [6.07, 6.45) is 1.79. The molecule has 0 radical (unpaired) electrons. The molecule has 0 bridgehead atoms. The van der Waals surface area contributed by atoms with Crippen molar-refractivity contribution in [3.8, 4) is 0 Å². The lowest BCUT2D eigenvalue weighted by atomic mass is 10.3. The van der Waals surface area contributed by atoms with Gasteiger partial charge in [0.05, 0.1) is 11.7 Å². The Morgan fingerprint density at radius 1 is 1.30 bits per heavy atom. The second kappa shape index (κ2) is 1.73. The maximum absolute atomic E-state index is 5.40. The molecule has 0 aliphatic rings. The average molecular weight is 133 g/mol. The highest BCUT2D eigenvalue weighted by Gasteiger charge is 1.93. The predicted octanol–water partition coefficient (Wildman–Crippen LogP) is 0.750. The van der Waals surface area contributed by atoms with Crippen LogP contribution in [0.1, 0.15) is 0 Å². The number of hydrogen-bond acceptors (Lipinski definition) is 2. The standard InChI is InChI=1S/C7H7N3/c8-10-5-6-3-1-2-4-7(6)9-10/h1-5H,8H2. The third-order valence-electron chi connectivity index (χ3n) is 1.43. The maximum atomic E-state index is 5.40. The summed E-state index contributed by atoms with van der Waals surface area (Å²) in [4.78, 5) is 1.32. The van der Waals surface area contributed by atoms with E-state index < -0.39 is 0 Å². The molecule has 3 heteroatoms. The molecule has 1 aromatic heterocycles. The molecular formula is C7H7N3. The summed E-state index contributed by atoms with van der Waals surface area (Å²) in [6.45, 7) is 0. The monoisotopic (exact) mass is 133 g/mol. The summed E-state index contributed by atoms with van der Waals surface area (Å²) in [5.41, 5.74) is 0.935. The molecule has 3 nitrogen and oxygen atoms in total. The summed E-state index contributed by atoms with van der Waals surface area (Å²) in [7, 11) is 0. The lowest BCUT2D eigenvalue weighted by Gasteiger charge is -1.80. The number of nitrogen functional groups attached to an aromatic ring is 1. The molecule has 50 valence electrons. The van der Waals surface area contributed by atoms with Crippen LogP contribution in [0.5, 0.6) is 0 Å². The topological polar surface area (TPSA) is 43.8 Å². The number of nitrogens with two attached hydrogens (primary N) is 1. The molecule has 1 aromatic carbocycles. The van der Waals surface area contributed by atoms with E-state index in [1.807, 2.05) is 24.3 Å². The first-order chi connectivity index (χ1) is 4.86. The fourth-order valence-corrected chi connectivity index (χ4v) is 0.984. The van der Waals surface area contributed by atoms with Crippen LogP contribution < -0.4 is 5.84 Å². The molecule has 0 atom stereocenters. The van der Waals surface area contributed by atoms with Gasteiger partial charge in [0, 0.05) is 5.39 Å². The zero-order valence-corrected chi connectivity index (χ0v) is 5.36. The van der Waals surface area contributed by atoms with Crippen LogP contribution in [0.4, 0.5) is 0 Å². The van der Waals surface area contributed by atoms with Crippen LogP contribution in [0.2, 0.25) is 0 Å². The zero-order valence-electron chi connectivity index (χ0n) is 5.36. The van der Waals surface area contributed by atoms with E-state index in [-0.39, 0.29) is 0 Å². The van der Waals surface area contributed by atoms with E-state index >= 15 is 0 Å². The number of hydrogen-bond donors (Lipinski definition) is 1. The van der Waals surface area contributed by atoms with Crippen LogP contribution in [0.3, 0.4) is 0 Å². The molecule has 10 heavy (non-hydrogen) atoms. The molecule has 2 N–H and O–H groups in total. The average Bonchev–Trinajstić information content (AvgIpc) is 2.27. The van der Waals surface area contributed by atoms with Crippen molar-refractivity contribution in [2.75, 3.05) is 5.84 Å². The Morgan fingerprint density at radius 2 is 2.10 bits per heavy atom. The highest BCUT2D eigenvalue weighted by atomic mass is 15.5. The van der Waals surface area contributed by atoms with Crippen molar-refractivity contribution in [2.24, 2.45) is 0 Å². The van der Waals surface area contributed by atoms with E-state index in [1.165, 1.54) is 4.79 Å². The Hall–Kier alpha value is -1.51. The SMILES string of the molecule is Nn1cc2ccccc2n1. The molecule has 0 aliphatic heterocycles.